The molecule has 1 saturated heterocycles. The van der Waals surface area contributed by atoms with Gasteiger partial charge in [-0.05, 0) is 60.7 Å². The summed E-state index contributed by atoms with van der Waals surface area (Å²) in [5, 5.41) is 4.23. The fraction of sp³-hybridized carbons (Fsp3) is 0.370. The Bertz CT molecular complexity index is 1430. The number of aromatic nitrogens is 2. The van der Waals surface area contributed by atoms with Crippen molar-refractivity contribution in [1.29, 1.82) is 0 Å². The van der Waals surface area contributed by atoms with Gasteiger partial charge in [-0.25, -0.2) is 4.99 Å². The van der Waals surface area contributed by atoms with Crippen LogP contribution >= 0.6 is 22.6 Å². The molecule has 0 aliphatic carbocycles. The van der Waals surface area contributed by atoms with Gasteiger partial charge in [0.15, 0.2) is 0 Å². The van der Waals surface area contributed by atoms with Crippen molar-refractivity contribution in [2.75, 3.05) is 46.4 Å². The molecule has 2 aliphatic heterocycles. The molecular weight excluding hydrogens is 537 g/mol. The predicted molar refractivity (Wildman–Crippen MR) is 146 cm³/mol. The van der Waals surface area contributed by atoms with E-state index in [-0.39, 0.29) is 0 Å². The highest BCUT2D eigenvalue weighted by Gasteiger charge is 2.21. The Morgan fingerprint density at radius 2 is 1.85 bits per heavy atom. The summed E-state index contributed by atoms with van der Waals surface area (Å²) in [7, 11) is 1.72. The van der Waals surface area contributed by atoms with Crippen LogP contribution in [-0.4, -0.2) is 66.1 Å². The molecule has 0 saturated carbocycles. The van der Waals surface area contributed by atoms with Crippen molar-refractivity contribution in [3.63, 3.8) is 0 Å². The largest absolute Gasteiger partial charge is 0.494 e. The SMILES string of the molecule is CCCN1CCN(CC2=c3ccccc3=NC2=c2cc(OC)/c(=C/c3[nH]c(C)cc3I)[nH]2)CC1. The van der Waals surface area contributed by atoms with Gasteiger partial charge in [-0.2, -0.15) is 0 Å². The average Bonchev–Trinajstić information content (AvgIpc) is 3.50. The predicted octanol–water partition coefficient (Wildman–Crippen LogP) is 1.71. The first-order valence-corrected chi connectivity index (χ1v) is 13.1. The van der Waals surface area contributed by atoms with E-state index in [4.69, 9.17) is 9.73 Å². The van der Waals surface area contributed by atoms with Crippen LogP contribution in [0.2, 0.25) is 0 Å². The van der Waals surface area contributed by atoms with Gasteiger partial charge in [0, 0.05) is 58.8 Å². The maximum atomic E-state index is 5.74. The number of hydrogen-bond donors (Lipinski definition) is 2. The number of aryl methyl sites for hydroxylation is 1. The number of aromatic amines is 2. The molecule has 1 aromatic carbocycles. The number of halogens is 1. The van der Waals surface area contributed by atoms with Crippen molar-refractivity contribution in [2.24, 2.45) is 4.99 Å². The number of fused-ring (bicyclic) bond motifs is 1. The second-order valence-corrected chi connectivity index (χ2v) is 10.3. The number of nitrogens with one attached hydrogen (secondary N) is 2. The quantitative estimate of drug-likeness (QED) is 0.445. The molecule has 0 bridgehead atoms. The van der Waals surface area contributed by atoms with E-state index in [1.54, 1.807) is 7.11 Å². The summed E-state index contributed by atoms with van der Waals surface area (Å²) in [5.41, 5.74) is 4.54. The van der Waals surface area contributed by atoms with E-state index in [1.165, 1.54) is 27.3 Å². The number of H-pyrrole nitrogens is 2. The van der Waals surface area contributed by atoms with Gasteiger partial charge in [0.25, 0.3) is 0 Å². The Kier molecular flexibility index (Phi) is 6.94. The maximum absolute atomic E-state index is 5.74. The molecule has 0 radical (unpaired) electrons. The summed E-state index contributed by atoms with van der Waals surface area (Å²) in [4.78, 5) is 17.2. The van der Waals surface area contributed by atoms with Gasteiger partial charge in [0.05, 0.1) is 34.6 Å². The fourth-order valence-corrected chi connectivity index (χ4v) is 5.67. The van der Waals surface area contributed by atoms with Crippen LogP contribution < -0.4 is 26.0 Å². The molecule has 2 aromatic heterocycles. The van der Waals surface area contributed by atoms with Gasteiger partial charge in [0.1, 0.15) is 5.75 Å². The molecule has 0 atom stereocenters. The topological polar surface area (TPSA) is 59.6 Å². The van der Waals surface area contributed by atoms with Crippen LogP contribution in [0.3, 0.4) is 0 Å². The summed E-state index contributed by atoms with van der Waals surface area (Å²) in [6.07, 6.45) is 3.34. The molecule has 4 heterocycles. The van der Waals surface area contributed by atoms with Crippen LogP contribution in [0, 0.1) is 10.5 Å². The number of para-hydroxylation sites is 1. The first kappa shape index (κ1) is 23.4. The third-order valence-corrected chi connectivity index (χ3v) is 7.53. The van der Waals surface area contributed by atoms with Crippen LogP contribution in [0.25, 0.3) is 17.3 Å². The van der Waals surface area contributed by atoms with Gasteiger partial charge in [-0.1, -0.05) is 25.1 Å². The molecule has 178 valence electrons. The molecular formula is C27H32IN5O. The Morgan fingerprint density at radius 3 is 2.56 bits per heavy atom. The second-order valence-electron chi connectivity index (χ2n) is 9.10. The van der Waals surface area contributed by atoms with E-state index >= 15 is 0 Å². The Hall–Kier alpha value is -2.36. The molecule has 3 aromatic rings. The van der Waals surface area contributed by atoms with E-state index in [2.05, 4.69) is 98.7 Å². The zero-order valence-corrected chi connectivity index (χ0v) is 22.3. The summed E-state index contributed by atoms with van der Waals surface area (Å²) >= 11 is 2.36. The van der Waals surface area contributed by atoms with Crippen molar-refractivity contribution in [3.05, 3.63) is 72.6 Å². The molecule has 7 heteroatoms. The van der Waals surface area contributed by atoms with Crippen molar-refractivity contribution in [3.8, 4) is 5.75 Å². The van der Waals surface area contributed by atoms with Crippen LogP contribution in [0.5, 0.6) is 5.75 Å². The number of rotatable bonds is 6. The van der Waals surface area contributed by atoms with Gasteiger partial charge >= 0.3 is 0 Å². The average molecular weight is 569 g/mol. The normalized spacial score (nSPS) is 18.9. The molecule has 0 unspecified atom stereocenters. The third kappa shape index (κ3) is 4.74. The number of hydrogen-bond acceptors (Lipinski definition) is 4. The molecule has 2 aliphatic rings. The zero-order valence-electron chi connectivity index (χ0n) is 20.1. The molecule has 6 nitrogen and oxygen atoms in total. The van der Waals surface area contributed by atoms with Crippen molar-refractivity contribution in [1.82, 2.24) is 19.8 Å². The fourth-order valence-electron chi connectivity index (χ4n) is 4.92. The lowest BCUT2D eigenvalue weighted by Crippen LogP contribution is -2.47. The highest BCUT2D eigenvalue weighted by Crippen LogP contribution is 2.18. The van der Waals surface area contributed by atoms with Crippen molar-refractivity contribution < 1.29 is 4.74 Å². The number of nitrogens with zero attached hydrogens (tertiary/aromatic N) is 3. The number of methoxy groups -OCH3 is 1. The smallest absolute Gasteiger partial charge is 0.144 e. The van der Waals surface area contributed by atoms with Crippen LogP contribution in [0.1, 0.15) is 24.7 Å². The lowest BCUT2D eigenvalue weighted by molar-refractivity contribution is 0.144. The van der Waals surface area contributed by atoms with Crippen molar-refractivity contribution in [2.45, 2.75) is 20.3 Å². The molecule has 0 amide bonds. The zero-order chi connectivity index (χ0) is 23.7. The first-order chi connectivity index (χ1) is 16.6. The van der Waals surface area contributed by atoms with E-state index in [0.717, 1.165) is 71.6 Å². The maximum Gasteiger partial charge on any atom is 0.144 e. The summed E-state index contributed by atoms with van der Waals surface area (Å²) in [6.45, 7) is 10.9. The minimum atomic E-state index is 0.823. The van der Waals surface area contributed by atoms with Gasteiger partial charge in [0.2, 0.25) is 0 Å². The first-order valence-electron chi connectivity index (χ1n) is 12.0. The summed E-state index contributed by atoms with van der Waals surface area (Å²) in [6, 6.07) is 12.7. The Morgan fingerprint density at radius 1 is 1.09 bits per heavy atom. The van der Waals surface area contributed by atoms with Gasteiger partial charge in [-0.15, -0.1) is 0 Å². The summed E-state index contributed by atoms with van der Waals surface area (Å²) < 4.78 is 6.93. The summed E-state index contributed by atoms with van der Waals surface area (Å²) in [5.74, 6) is 0.823. The lowest BCUT2D eigenvalue weighted by atomic mass is 10.1. The minimum absolute atomic E-state index is 0.823. The lowest BCUT2D eigenvalue weighted by Gasteiger charge is -2.34. The van der Waals surface area contributed by atoms with E-state index < -0.39 is 0 Å². The van der Waals surface area contributed by atoms with Gasteiger partial charge in [-0.3, -0.25) is 4.90 Å². The van der Waals surface area contributed by atoms with E-state index in [0.29, 0.717) is 0 Å². The van der Waals surface area contributed by atoms with Crippen LogP contribution in [-0.2, 0) is 0 Å². The van der Waals surface area contributed by atoms with Gasteiger partial charge < -0.3 is 19.6 Å². The molecule has 0 spiro atoms. The van der Waals surface area contributed by atoms with Crippen LogP contribution in [0.4, 0.5) is 0 Å². The highest BCUT2D eigenvalue weighted by atomic mass is 127. The minimum Gasteiger partial charge on any atom is -0.494 e. The molecule has 1 fully saturated rings. The third-order valence-electron chi connectivity index (χ3n) is 6.64. The van der Waals surface area contributed by atoms with E-state index in [1.807, 2.05) is 0 Å². The standard InChI is InChI=1S/C27H32IN5O/c1-4-9-32-10-12-33(13-11-32)17-20-19-7-5-6-8-22(19)31-27(20)25-16-26(34-3)24(30-25)15-23-21(28)14-18(2)29-23/h5-8,14-16,29-30H,4,9-13,17H2,1-3H3/b24-15-,27-25?. The molecule has 34 heavy (non-hydrogen) atoms. The molecule has 5 rings (SSSR count). The van der Waals surface area contributed by atoms with Crippen LogP contribution in [0.15, 0.2) is 41.4 Å². The Balaban J connectivity index is 1.56. The number of piperazine rings is 1. The highest BCUT2D eigenvalue weighted by molar-refractivity contribution is 14.1. The monoisotopic (exact) mass is 569 g/mol. The van der Waals surface area contributed by atoms with Crippen molar-refractivity contribution >= 4 is 39.9 Å². The Labute approximate surface area is 213 Å². The number of benzene rings is 1. The second kappa shape index (κ2) is 10.1. The van der Waals surface area contributed by atoms with E-state index in [9.17, 15) is 0 Å². The number of ether oxygens (including phenoxy) is 1. The molecule has 2 N–H and O–H groups in total.